The van der Waals surface area contributed by atoms with Crippen molar-refractivity contribution in [3.63, 3.8) is 0 Å². The lowest BCUT2D eigenvalue weighted by Crippen LogP contribution is -2.65. The fourth-order valence-corrected chi connectivity index (χ4v) is 12.7. The van der Waals surface area contributed by atoms with E-state index in [1.54, 1.807) is 0 Å². The van der Waals surface area contributed by atoms with Crippen molar-refractivity contribution in [2.24, 2.45) is 40.9 Å². The molecule has 1 aliphatic heterocycles. The van der Waals surface area contributed by atoms with Crippen molar-refractivity contribution in [1.82, 2.24) is 10.6 Å². The van der Waals surface area contributed by atoms with Crippen molar-refractivity contribution >= 4 is 6.29 Å². The van der Waals surface area contributed by atoms with E-state index >= 15 is 0 Å². The maximum atomic E-state index is 13.0. The third kappa shape index (κ3) is 10.4. The molecule has 0 amide bonds. The number of aliphatic hydroxyl groups excluding tert-OH is 3. The molecule has 1 aromatic rings. The van der Waals surface area contributed by atoms with Crippen LogP contribution in [0.3, 0.4) is 0 Å². The number of ether oxygens (including phenoxy) is 2. The molecule has 5 aliphatic rings. The minimum absolute atomic E-state index is 0.00450. The van der Waals surface area contributed by atoms with Gasteiger partial charge in [0.1, 0.15) is 6.29 Å². The Balaban J connectivity index is 1.30. The summed E-state index contributed by atoms with van der Waals surface area (Å²) >= 11 is 0. The van der Waals surface area contributed by atoms with E-state index in [1.807, 2.05) is 27.2 Å². The van der Waals surface area contributed by atoms with Gasteiger partial charge in [-0.15, -0.1) is 0 Å². The second kappa shape index (κ2) is 22.3. The molecule has 1 spiro atoms. The van der Waals surface area contributed by atoms with Crippen molar-refractivity contribution < 1.29 is 34.7 Å². The minimum Gasteiger partial charge on any atom is -0.396 e. The van der Waals surface area contributed by atoms with E-state index in [4.69, 9.17) is 9.47 Å². The Labute approximate surface area is 372 Å². The van der Waals surface area contributed by atoms with E-state index in [-0.39, 0.29) is 61.6 Å². The van der Waals surface area contributed by atoms with Gasteiger partial charge in [0.15, 0.2) is 0 Å². The first-order valence-electron chi connectivity index (χ1n) is 23.7. The van der Waals surface area contributed by atoms with Gasteiger partial charge in [-0.3, -0.25) is 4.79 Å². The van der Waals surface area contributed by atoms with Gasteiger partial charge in [0.25, 0.3) is 0 Å². The molecule has 3 saturated carbocycles. The number of nitrogens with one attached hydrogen (secondary N) is 2. The maximum absolute atomic E-state index is 13.0. The molecule has 0 radical (unpaired) electrons. The summed E-state index contributed by atoms with van der Waals surface area (Å²) in [5.74, 6) is -0.0802. The highest BCUT2D eigenvalue weighted by atomic mass is 16.5. The Hall–Kier alpha value is -2.99. The zero-order valence-electron chi connectivity index (χ0n) is 38.3. The molecule has 0 unspecified atom stereocenters. The van der Waals surface area contributed by atoms with Crippen LogP contribution in [0.5, 0.6) is 0 Å². The first-order valence-corrected chi connectivity index (χ1v) is 23.7. The van der Waals surface area contributed by atoms with Crippen LogP contribution in [0.2, 0.25) is 0 Å². The summed E-state index contributed by atoms with van der Waals surface area (Å²) in [5, 5.41) is 53.1. The summed E-state index contributed by atoms with van der Waals surface area (Å²) in [4.78, 5) is 12.4. The van der Waals surface area contributed by atoms with Crippen LogP contribution in [0, 0.1) is 40.9 Å². The molecule has 3 fully saturated rings. The smallest absolute Gasteiger partial charge is 0.145 e. The molecule has 6 N–H and O–H groups in total. The molecule has 1 aromatic carbocycles. The van der Waals surface area contributed by atoms with Gasteiger partial charge in [0, 0.05) is 49.7 Å². The fraction of sp³-hybridized carbons (Fsp3) is 0.642. The van der Waals surface area contributed by atoms with Gasteiger partial charge in [-0.25, -0.2) is 0 Å². The summed E-state index contributed by atoms with van der Waals surface area (Å²) < 4.78 is 11.7. The second-order valence-corrected chi connectivity index (χ2v) is 19.5. The summed E-state index contributed by atoms with van der Waals surface area (Å²) in [6, 6.07) is 9.16. The highest BCUT2D eigenvalue weighted by Gasteiger charge is 2.68. The molecule has 9 nitrogen and oxygen atoms in total. The normalized spacial score (nSPS) is 34.8. The van der Waals surface area contributed by atoms with Gasteiger partial charge in [-0.1, -0.05) is 96.9 Å². The molecule has 342 valence electrons. The third-order valence-corrected chi connectivity index (χ3v) is 15.9. The number of aliphatic hydroxyl groups is 4. The van der Waals surface area contributed by atoms with Crippen LogP contribution in [0.15, 0.2) is 95.2 Å². The number of carbonyl (C=O) groups excluding carboxylic acids is 1. The quantitative estimate of drug-likeness (QED) is 0.0299. The van der Waals surface area contributed by atoms with Gasteiger partial charge < -0.3 is 40.5 Å². The molecule has 6 rings (SSSR count). The Morgan fingerprint density at radius 1 is 1.08 bits per heavy atom. The van der Waals surface area contributed by atoms with Gasteiger partial charge in [0.2, 0.25) is 0 Å². The van der Waals surface area contributed by atoms with Crippen LogP contribution >= 0.6 is 0 Å². The number of methoxy groups -OCH3 is 1. The zero-order valence-corrected chi connectivity index (χ0v) is 38.3. The molecule has 1 heterocycles. The van der Waals surface area contributed by atoms with Crippen molar-refractivity contribution in [1.29, 1.82) is 0 Å². The predicted molar refractivity (Wildman–Crippen MR) is 249 cm³/mol. The van der Waals surface area contributed by atoms with Crippen LogP contribution in [-0.4, -0.2) is 104 Å². The van der Waals surface area contributed by atoms with E-state index in [1.165, 1.54) is 42.4 Å². The van der Waals surface area contributed by atoms with E-state index in [0.717, 1.165) is 61.8 Å². The summed E-state index contributed by atoms with van der Waals surface area (Å²) in [6.45, 7) is 11.1. The summed E-state index contributed by atoms with van der Waals surface area (Å²) in [6.07, 6.45) is 24.2. The number of aldehydes is 1. The predicted octanol–water partition coefficient (Wildman–Crippen LogP) is 7.16. The molecule has 0 aromatic heterocycles. The van der Waals surface area contributed by atoms with Crippen LogP contribution in [0.25, 0.3) is 0 Å². The largest absolute Gasteiger partial charge is 0.396 e. The summed E-state index contributed by atoms with van der Waals surface area (Å²) in [5.41, 5.74) is 5.41. The van der Waals surface area contributed by atoms with Crippen LogP contribution in [0.1, 0.15) is 95.6 Å². The average molecular weight is 855 g/mol. The molecule has 9 atom stereocenters. The van der Waals surface area contributed by atoms with Crippen molar-refractivity contribution in [2.45, 2.75) is 115 Å². The van der Waals surface area contributed by atoms with Gasteiger partial charge >= 0.3 is 0 Å². The molecule has 9 heteroatoms. The van der Waals surface area contributed by atoms with Crippen molar-refractivity contribution in [2.75, 3.05) is 60.3 Å². The Morgan fingerprint density at radius 3 is 2.60 bits per heavy atom. The number of hydrogen-bond acceptors (Lipinski definition) is 9. The fourth-order valence-electron chi connectivity index (χ4n) is 12.7. The standard InChI is InChI=1S/C53H78N2O7/c1-37-16-17-43(31-40-11-9-12-41(30-40)32-51(55-34-37,24-28-61-5)46-14-6-7-15-46)38(2)10-8-13-45(36-62-29-27-57)47-20-22-53(50(47)59)49-42(21-26-56)18-19-44(48(49)39(3)35-58)33-52(53,60)23-25-54-4/h8-13,16,18-19,30,35,42-44,46-47,49-50,54-57,59-60H,2,6-7,14-15,17,20-29,31-34,36H2,1,3-5H3/b10-8+,37-16+,45-13-,48-39?/t42-,43-,44+,47+,49+,50-,51-,52-,53-/m1/s1. The van der Waals surface area contributed by atoms with Crippen LogP contribution in [-0.2, 0) is 27.1 Å². The lowest BCUT2D eigenvalue weighted by Gasteiger charge is -2.61. The molecular weight excluding hydrogens is 777 g/mol. The maximum Gasteiger partial charge on any atom is 0.145 e. The van der Waals surface area contributed by atoms with E-state index in [9.17, 15) is 25.2 Å². The average Bonchev–Trinajstić information content (AvgIpc) is 3.94. The zero-order chi connectivity index (χ0) is 44.3. The molecule has 0 saturated heterocycles. The van der Waals surface area contributed by atoms with Crippen LogP contribution in [0.4, 0.5) is 0 Å². The number of carbonyl (C=O) groups is 1. The Kier molecular flexibility index (Phi) is 17.4. The Bertz CT molecular complexity index is 1830. The van der Waals surface area contributed by atoms with E-state index in [2.05, 4.69) is 78.8 Å². The lowest BCUT2D eigenvalue weighted by molar-refractivity contribution is -0.194. The van der Waals surface area contributed by atoms with Gasteiger partial charge in [-0.2, -0.15) is 0 Å². The van der Waals surface area contributed by atoms with Crippen LogP contribution < -0.4 is 10.6 Å². The number of benzene rings is 1. The van der Waals surface area contributed by atoms with E-state index in [0.29, 0.717) is 50.1 Å². The molecule has 4 bridgehead atoms. The molecular formula is C53H78N2O7. The molecule has 62 heavy (non-hydrogen) atoms. The van der Waals surface area contributed by atoms with Gasteiger partial charge in [0.05, 0.1) is 31.5 Å². The number of allylic oxidation sites excluding steroid dienone is 9. The second-order valence-electron chi connectivity index (χ2n) is 19.5. The number of rotatable bonds is 18. The van der Waals surface area contributed by atoms with Crippen molar-refractivity contribution in [3.8, 4) is 0 Å². The summed E-state index contributed by atoms with van der Waals surface area (Å²) in [7, 11) is 3.69. The monoisotopic (exact) mass is 855 g/mol. The number of fused-ring (bicyclic) bond motifs is 5. The third-order valence-electron chi connectivity index (χ3n) is 15.9. The van der Waals surface area contributed by atoms with Gasteiger partial charge in [-0.05, 0) is 144 Å². The lowest BCUT2D eigenvalue weighted by atomic mass is 9.45. The first kappa shape index (κ1) is 48.5. The van der Waals surface area contributed by atoms with E-state index < -0.39 is 17.1 Å². The molecule has 4 aliphatic carbocycles. The number of hydrogen-bond donors (Lipinski definition) is 6. The highest BCUT2D eigenvalue weighted by Crippen LogP contribution is 2.67. The van der Waals surface area contributed by atoms with Crippen molar-refractivity contribution in [3.05, 3.63) is 106 Å². The SMILES string of the molecule is C=C(/C=C/C=C(/COCCO)[C@@H]1CC[C@]2([C@@H]1O)[C@@H]1C(=C(C)C=O)[C@@H](C=C[C@@H]1CCO)C[C@]2(O)CCNC)[C@@H]1C/C=C(\C)CN[C@@](CCOC)(C2CCCC2)Cc2cccc(c2)C1. The topological polar surface area (TPSA) is 141 Å². The minimum atomic E-state index is -1.22. The first-order chi connectivity index (χ1) is 30.0. The Morgan fingerprint density at radius 2 is 1.87 bits per heavy atom. The highest BCUT2D eigenvalue weighted by molar-refractivity contribution is 5.74.